The van der Waals surface area contributed by atoms with E-state index in [4.69, 9.17) is 33.0 Å². The van der Waals surface area contributed by atoms with Gasteiger partial charge in [-0.05, 0) is 12.1 Å². The van der Waals surface area contributed by atoms with Crippen LogP contribution in [0.4, 0.5) is 0 Å². The molecular formula is C11H11Cl2N3O4. The van der Waals surface area contributed by atoms with Crippen LogP contribution in [-0.2, 0) is 4.74 Å². The smallest absolute Gasteiger partial charge is 0.181 e. The van der Waals surface area contributed by atoms with Gasteiger partial charge in [0.2, 0.25) is 0 Å². The number of benzene rings is 1. The van der Waals surface area contributed by atoms with E-state index >= 15 is 0 Å². The van der Waals surface area contributed by atoms with Crippen LogP contribution >= 0.6 is 23.2 Å². The summed E-state index contributed by atoms with van der Waals surface area (Å²) >= 11 is 11.8. The lowest BCUT2D eigenvalue weighted by Gasteiger charge is -2.15. The molecule has 0 bridgehead atoms. The molecule has 7 nitrogen and oxygen atoms in total. The third-order valence-electron chi connectivity index (χ3n) is 3.27. The first-order valence-electron chi connectivity index (χ1n) is 5.85. The van der Waals surface area contributed by atoms with Crippen LogP contribution in [-0.4, -0.2) is 55.2 Å². The highest BCUT2D eigenvalue weighted by molar-refractivity contribution is 6.42. The first kappa shape index (κ1) is 14.0. The zero-order valence-corrected chi connectivity index (χ0v) is 11.5. The molecule has 1 saturated heterocycles. The van der Waals surface area contributed by atoms with Crippen LogP contribution in [0.1, 0.15) is 6.23 Å². The van der Waals surface area contributed by atoms with Crippen molar-refractivity contribution < 1.29 is 20.1 Å². The second-order valence-corrected chi connectivity index (χ2v) is 5.33. The monoisotopic (exact) mass is 319 g/mol. The maximum absolute atomic E-state index is 9.98. The van der Waals surface area contributed by atoms with Gasteiger partial charge in [0.1, 0.15) is 23.8 Å². The molecule has 0 amide bonds. The number of rotatable bonds is 2. The van der Waals surface area contributed by atoms with Crippen LogP contribution in [0.15, 0.2) is 12.1 Å². The van der Waals surface area contributed by atoms with Crippen LogP contribution in [0, 0.1) is 0 Å². The molecule has 0 saturated carbocycles. The van der Waals surface area contributed by atoms with Crippen LogP contribution in [0.3, 0.4) is 0 Å². The zero-order chi connectivity index (χ0) is 14.4. The van der Waals surface area contributed by atoms with E-state index in [0.717, 1.165) is 0 Å². The molecule has 0 unspecified atom stereocenters. The number of fused-ring (bicyclic) bond motifs is 1. The van der Waals surface area contributed by atoms with Gasteiger partial charge in [0.15, 0.2) is 6.23 Å². The number of hydrogen-bond donors (Lipinski definition) is 3. The molecule has 1 aliphatic heterocycles. The van der Waals surface area contributed by atoms with Gasteiger partial charge in [-0.25, -0.2) is 4.68 Å². The Balaban J connectivity index is 2.05. The summed E-state index contributed by atoms with van der Waals surface area (Å²) in [5.41, 5.74) is 0.992. The van der Waals surface area contributed by atoms with Gasteiger partial charge in [-0.2, -0.15) is 0 Å². The first-order valence-corrected chi connectivity index (χ1v) is 6.61. The molecule has 1 aromatic carbocycles. The maximum Gasteiger partial charge on any atom is 0.181 e. The normalized spacial score (nSPS) is 30.2. The Morgan fingerprint density at radius 1 is 1.20 bits per heavy atom. The van der Waals surface area contributed by atoms with E-state index in [1.807, 2.05) is 0 Å². The third-order valence-corrected chi connectivity index (χ3v) is 3.99. The average Bonchev–Trinajstić information content (AvgIpc) is 2.94. The van der Waals surface area contributed by atoms with E-state index in [-0.39, 0.29) is 0 Å². The topological polar surface area (TPSA) is 101 Å². The van der Waals surface area contributed by atoms with Crippen LogP contribution in [0.25, 0.3) is 11.0 Å². The highest BCUT2D eigenvalue weighted by Crippen LogP contribution is 2.33. The fourth-order valence-electron chi connectivity index (χ4n) is 2.20. The van der Waals surface area contributed by atoms with Gasteiger partial charge in [0.05, 0.1) is 22.2 Å². The van der Waals surface area contributed by atoms with Crippen molar-refractivity contribution in [2.24, 2.45) is 0 Å². The van der Waals surface area contributed by atoms with Crippen LogP contribution < -0.4 is 0 Å². The number of aliphatic hydroxyl groups is 3. The van der Waals surface area contributed by atoms with Crippen LogP contribution in [0.2, 0.25) is 10.0 Å². The van der Waals surface area contributed by atoms with Crippen molar-refractivity contribution in [1.82, 2.24) is 15.0 Å². The molecule has 9 heteroatoms. The lowest BCUT2D eigenvalue weighted by atomic mass is 10.1. The molecule has 2 heterocycles. The van der Waals surface area contributed by atoms with Crippen LogP contribution in [0.5, 0.6) is 0 Å². The van der Waals surface area contributed by atoms with E-state index in [1.165, 1.54) is 4.68 Å². The number of aromatic nitrogens is 3. The minimum atomic E-state index is -1.23. The van der Waals surface area contributed by atoms with Gasteiger partial charge in [-0.1, -0.05) is 28.4 Å². The van der Waals surface area contributed by atoms with Gasteiger partial charge in [-0.3, -0.25) is 0 Å². The van der Waals surface area contributed by atoms with Crippen molar-refractivity contribution in [2.45, 2.75) is 24.5 Å². The van der Waals surface area contributed by atoms with Crippen molar-refractivity contribution in [1.29, 1.82) is 0 Å². The first-order chi connectivity index (χ1) is 9.52. The summed E-state index contributed by atoms with van der Waals surface area (Å²) in [6.07, 6.45) is -4.26. The highest BCUT2D eigenvalue weighted by Gasteiger charge is 2.44. The molecule has 1 fully saturated rings. The van der Waals surface area contributed by atoms with Crippen molar-refractivity contribution in [3.05, 3.63) is 22.2 Å². The lowest BCUT2D eigenvalue weighted by molar-refractivity contribution is -0.0572. The van der Waals surface area contributed by atoms with Gasteiger partial charge in [0.25, 0.3) is 0 Å². The van der Waals surface area contributed by atoms with Crippen molar-refractivity contribution in [2.75, 3.05) is 6.61 Å². The van der Waals surface area contributed by atoms with E-state index in [1.54, 1.807) is 12.1 Å². The summed E-state index contributed by atoms with van der Waals surface area (Å²) in [5.74, 6) is 0. The van der Waals surface area contributed by atoms with Gasteiger partial charge < -0.3 is 20.1 Å². The minimum absolute atomic E-state index is 0.314. The largest absolute Gasteiger partial charge is 0.394 e. The number of aliphatic hydroxyl groups excluding tert-OH is 3. The van der Waals surface area contributed by atoms with Crippen molar-refractivity contribution in [3.63, 3.8) is 0 Å². The number of halogens is 2. The van der Waals surface area contributed by atoms with Crippen molar-refractivity contribution >= 4 is 34.2 Å². The van der Waals surface area contributed by atoms with Crippen molar-refractivity contribution in [3.8, 4) is 0 Å². The summed E-state index contributed by atoms with van der Waals surface area (Å²) < 4.78 is 6.70. The number of ether oxygens (including phenoxy) is 1. The fraction of sp³-hybridized carbons (Fsp3) is 0.455. The Morgan fingerprint density at radius 3 is 2.55 bits per heavy atom. The Hall–Kier alpha value is -0.960. The summed E-state index contributed by atoms with van der Waals surface area (Å²) in [7, 11) is 0. The van der Waals surface area contributed by atoms with Gasteiger partial charge in [-0.15, -0.1) is 5.10 Å². The summed E-state index contributed by atoms with van der Waals surface area (Å²) in [6, 6.07) is 3.10. The van der Waals surface area contributed by atoms with Gasteiger partial charge in [0, 0.05) is 0 Å². The van der Waals surface area contributed by atoms with E-state index in [2.05, 4.69) is 10.3 Å². The summed E-state index contributed by atoms with van der Waals surface area (Å²) in [5, 5.41) is 37.3. The molecule has 1 aromatic heterocycles. The molecule has 0 spiro atoms. The van der Waals surface area contributed by atoms with E-state index in [0.29, 0.717) is 21.1 Å². The average molecular weight is 320 g/mol. The summed E-state index contributed by atoms with van der Waals surface area (Å²) in [6.45, 7) is -0.409. The molecule has 1 aliphatic rings. The zero-order valence-electron chi connectivity index (χ0n) is 10.0. The Bertz CT molecular complexity index is 650. The predicted molar refractivity (Wildman–Crippen MR) is 70.6 cm³/mol. The molecule has 2 aromatic rings. The number of hydrogen-bond acceptors (Lipinski definition) is 6. The Labute approximate surface area is 123 Å². The standard InChI is InChI=1S/C11H11Cl2N3O4/c12-4-1-6-7(2-5(4)13)16(15-14-6)11-10(19)9(18)8(3-17)20-11/h1-2,8-11,17-19H,3H2/t8-,9+,10+,11+/m0/s1. The third kappa shape index (κ3) is 2.07. The maximum atomic E-state index is 9.98. The minimum Gasteiger partial charge on any atom is -0.394 e. The molecule has 4 atom stereocenters. The Morgan fingerprint density at radius 2 is 1.90 bits per heavy atom. The quantitative estimate of drug-likeness (QED) is 0.738. The molecule has 3 rings (SSSR count). The second kappa shape index (κ2) is 5.10. The fourth-order valence-corrected chi connectivity index (χ4v) is 2.52. The molecule has 0 radical (unpaired) electrons. The lowest BCUT2D eigenvalue weighted by Crippen LogP contribution is -2.33. The number of nitrogens with zero attached hydrogens (tertiary/aromatic N) is 3. The van der Waals surface area contributed by atoms with E-state index < -0.39 is 31.1 Å². The highest BCUT2D eigenvalue weighted by atomic mass is 35.5. The Kier molecular flexibility index (Phi) is 3.57. The van der Waals surface area contributed by atoms with Gasteiger partial charge >= 0.3 is 0 Å². The summed E-state index contributed by atoms with van der Waals surface area (Å²) in [4.78, 5) is 0. The molecule has 108 valence electrons. The van der Waals surface area contributed by atoms with E-state index in [9.17, 15) is 10.2 Å². The molecule has 20 heavy (non-hydrogen) atoms. The molecule has 3 N–H and O–H groups in total. The second-order valence-electron chi connectivity index (χ2n) is 4.52. The molecule has 0 aliphatic carbocycles. The molecular weight excluding hydrogens is 309 g/mol. The SMILES string of the molecule is OC[C@@H]1O[C@@H](n2nnc3cc(Cl)c(Cl)cc32)[C@H](O)[C@@H]1O. The predicted octanol–water partition coefficient (Wildman–Crippen LogP) is 0.350.